The first-order valence-corrected chi connectivity index (χ1v) is 10.6. The van der Waals surface area contributed by atoms with E-state index < -0.39 is 5.97 Å². The van der Waals surface area contributed by atoms with E-state index >= 15 is 0 Å². The van der Waals surface area contributed by atoms with E-state index in [-0.39, 0.29) is 5.56 Å². The minimum atomic E-state index is -1.01. The van der Waals surface area contributed by atoms with Gasteiger partial charge in [0.25, 0.3) is 0 Å². The van der Waals surface area contributed by atoms with Crippen molar-refractivity contribution in [2.45, 2.75) is 26.7 Å². The Morgan fingerprint density at radius 3 is 2.59 bits per heavy atom. The zero-order chi connectivity index (χ0) is 22.8. The summed E-state index contributed by atoms with van der Waals surface area (Å²) in [7, 11) is 0. The van der Waals surface area contributed by atoms with E-state index in [2.05, 4.69) is 36.3 Å². The van der Waals surface area contributed by atoms with Crippen molar-refractivity contribution in [2.75, 3.05) is 5.32 Å². The van der Waals surface area contributed by atoms with Crippen LogP contribution in [0.3, 0.4) is 0 Å². The number of halogens is 1. The molecule has 2 aromatic carbocycles. The molecule has 0 atom stereocenters. The molecule has 32 heavy (non-hydrogen) atoms. The highest BCUT2D eigenvalue weighted by Gasteiger charge is 2.18. The van der Waals surface area contributed by atoms with Crippen molar-refractivity contribution < 1.29 is 9.90 Å². The van der Waals surface area contributed by atoms with Gasteiger partial charge in [-0.2, -0.15) is 5.10 Å². The molecule has 0 radical (unpaired) electrons. The number of anilines is 2. The van der Waals surface area contributed by atoms with Gasteiger partial charge in [0, 0.05) is 24.0 Å². The van der Waals surface area contributed by atoms with Crippen molar-refractivity contribution in [3.8, 4) is 16.9 Å². The van der Waals surface area contributed by atoms with Gasteiger partial charge in [-0.1, -0.05) is 55.8 Å². The monoisotopic (exact) mass is 446 g/mol. The number of hydrogen-bond donors (Lipinski definition) is 2. The van der Waals surface area contributed by atoms with Crippen molar-refractivity contribution in [1.29, 1.82) is 0 Å². The van der Waals surface area contributed by atoms with Gasteiger partial charge < -0.3 is 10.4 Å². The lowest BCUT2D eigenvalue weighted by atomic mass is 10.00. The van der Waals surface area contributed by atoms with Gasteiger partial charge >= 0.3 is 5.97 Å². The molecule has 6 nitrogen and oxygen atoms in total. The molecule has 2 N–H and O–H groups in total. The summed E-state index contributed by atoms with van der Waals surface area (Å²) in [6.45, 7) is 6.20. The molecule has 0 aliphatic carbocycles. The lowest BCUT2D eigenvalue weighted by Gasteiger charge is -2.14. The minimum Gasteiger partial charge on any atom is -0.478 e. The summed E-state index contributed by atoms with van der Waals surface area (Å²) in [6.07, 6.45) is 3.29. The van der Waals surface area contributed by atoms with E-state index in [1.807, 2.05) is 25.1 Å². The van der Waals surface area contributed by atoms with Crippen molar-refractivity contribution in [3.05, 3.63) is 88.7 Å². The summed E-state index contributed by atoms with van der Waals surface area (Å²) in [5.74, 6) is -0.0315. The number of carbonyl (C=O) groups is 1. The van der Waals surface area contributed by atoms with Crippen LogP contribution in [0.1, 0.15) is 41.3 Å². The smallest absolute Gasteiger partial charge is 0.337 e. The SMILES string of the molecule is Cc1cncc(Cl)c1-n1nc(-c2cccc(C(C)C)c2)cc1Nc1ccccc1C(=O)O. The summed E-state index contributed by atoms with van der Waals surface area (Å²) < 4.78 is 1.70. The van der Waals surface area contributed by atoms with Gasteiger partial charge in [0.2, 0.25) is 0 Å². The normalized spacial score (nSPS) is 11.0. The number of pyridine rings is 1. The molecule has 4 rings (SSSR count). The third-order valence-electron chi connectivity index (χ3n) is 5.25. The van der Waals surface area contributed by atoms with Crippen molar-refractivity contribution in [2.24, 2.45) is 0 Å². The van der Waals surface area contributed by atoms with Gasteiger partial charge in [-0.3, -0.25) is 4.98 Å². The Balaban J connectivity index is 1.89. The van der Waals surface area contributed by atoms with Crippen LogP contribution in [0.5, 0.6) is 0 Å². The first-order valence-electron chi connectivity index (χ1n) is 10.3. The number of nitrogens with one attached hydrogen (secondary N) is 1. The standard InChI is InChI=1S/C25H23ClN4O2/c1-15(2)17-7-6-8-18(11-17)22-12-23(28-21-10-5-4-9-19(21)25(31)32)30(29-22)24-16(3)13-27-14-20(24)26/h4-15,28H,1-3H3,(H,31,32). The predicted molar refractivity (Wildman–Crippen MR) is 127 cm³/mol. The maximum absolute atomic E-state index is 11.7. The van der Waals surface area contributed by atoms with Crippen LogP contribution in [0, 0.1) is 6.92 Å². The fourth-order valence-electron chi connectivity index (χ4n) is 3.55. The van der Waals surface area contributed by atoms with Gasteiger partial charge in [0.05, 0.1) is 27.7 Å². The van der Waals surface area contributed by atoms with Gasteiger partial charge in [-0.05, 0) is 42.2 Å². The average Bonchev–Trinajstić information content (AvgIpc) is 3.17. The van der Waals surface area contributed by atoms with Gasteiger partial charge in [0.1, 0.15) is 5.82 Å². The largest absolute Gasteiger partial charge is 0.478 e. The zero-order valence-electron chi connectivity index (χ0n) is 18.0. The Morgan fingerprint density at radius 1 is 1.09 bits per heavy atom. The van der Waals surface area contributed by atoms with E-state index in [0.29, 0.717) is 28.1 Å². The summed E-state index contributed by atoms with van der Waals surface area (Å²) in [6, 6.07) is 16.9. The molecule has 0 spiro atoms. The van der Waals surface area contributed by atoms with Crippen LogP contribution >= 0.6 is 11.6 Å². The number of rotatable bonds is 6. The molecule has 0 aliphatic heterocycles. The van der Waals surface area contributed by atoms with E-state index in [0.717, 1.165) is 16.8 Å². The maximum atomic E-state index is 11.7. The fourth-order valence-corrected chi connectivity index (χ4v) is 3.83. The van der Waals surface area contributed by atoms with Crippen LogP contribution in [-0.2, 0) is 0 Å². The number of aromatic carboxylic acids is 1. The van der Waals surface area contributed by atoms with Crippen LogP contribution in [0.4, 0.5) is 11.5 Å². The molecule has 7 heteroatoms. The number of carboxylic acid groups (broad SMARTS) is 1. The number of aromatic nitrogens is 3. The van der Waals surface area contributed by atoms with Gasteiger partial charge in [0.15, 0.2) is 0 Å². The molecule has 0 amide bonds. The Kier molecular flexibility index (Phi) is 5.97. The molecule has 4 aromatic rings. The lowest BCUT2D eigenvalue weighted by molar-refractivity contribution is 0.0698. The Hall–Kier alpha value is -3.64. The summed E-state index contributed by atoms with van der Waals surface area (Å²) >= 11 is 6.50. The molecule has 2 aromatic heterocycles. The molecule has 0 saturated heterocycles. The lowest BCUT2D eigenvalue weighted by Crippen LogP contribution is -2.08. The highest BCUT2D eigenvalue weighted by molar-refractivity contribution is 6.32. The van der Waals surface area contributed by atoms with Crippen LogP contribution in [0.25, 0.3) is 16.9 Å². The molecule has 0 unspecified atom stereocenters. The number of hydrogen-bond acceptors (Lipinski definition) is 4. The fraction of sp³-hybridized carbons (Fsp3) is 0.160. The second-order valence-electron chi connectivity index (χ2n) is 7.87. The number of aryl methyl sites for hydroxylation is 1. The molecule has 0 saturated carbocycles. The number of para-hydroxylation sites is 1. The second-order valence-corrected chi connectivity index (χ2v) is 8.28. The molecule has 2 heterocycles. The van der Waals surface area contributed by atoms with Crippen LogP contribution < -0.4 is 5.32 Å². The second kappa shape index (κ2) is 8.85. The Bertz CT molecular complexity index is 1280. The molecule has 0 fully saturated rings. The van der Waals surface area contributed by atoms with Gasteiger partial charge in [-0.25, -0.2) is 9.48 Å². The molecular weight excluding hydrogens is 424 g/mol. The van der Waals surface area contributed by atoms with Crippen LogP contribution in [-0.4, -0.2) is 25.8 Å². The first-order chi connectivity index (χ1) is 15.3. The molecule has 0 aliphatic rings. The molecular formula is C25H23ClN4O2. The maximum Gasteiger partial charge on any atom is 0.337 e. The molecule has 162 valence electrons. The predicted octanol–water partition coefficient (Wildman–Crippen LogP) is 6.46. The minimum absolute atomic E-state index is 0.168. The van der Waals surface area contributed by atoms with E-state index in [1.165, 1.54) is 5.56 Å². The Labute approximate surface area is 191 Å². The number of benzene rings is 2. The summed E-state index contributed by atoms with van der Waals surface area (Å²) in [5.41, 5.74) is 5.08. The summed E-state index contributed by atoms with van der Waals surface area (Å²) in [5, 5.41) is 18.1. The van der Waals surface area contributed by atoms with Crippen LogP contribution in [0.15, 0.2) is 67.0 Å². The van der Waals surface area contributed by atoms with E-state index in [4.69, 9.17) is 16.7 Å². The van der Waals surface area contributed by atoms with Crippen molar-refractivity contribution in [1.82, 2.24) is 14.8 Å². The van der Waals surface area contributed by atoms with E-state index in [9.17, 15) is 9.90 Å². The summed E-state index contributed by atoms with van der Waals surface area (Å²) in [4.78, 5) is 15.9. The number of nitrogens with zero attached hydrogens (tertiary/aromatic N) is 3. The van der Waals surface area contributed by atoms with E-state index in [1.54, 1.807) is 41.3 Å². The zero-order valence-corrected chi connectivity index (χ0v) is 18.8. The molecule has 0 bridgehead atoms. The average molecular weight is 447 g/mol. The third kappa shape index (κ3) is 4.22. The topological polar surface area (TPSA) is 80.0 Å². The van der Waals surface area contributed by atoms with Gasteiger partial charge in [-0.15, -0.1) is 0 Å². The number of carboxylic acids is 1. The highest BCUT2D eigenvalue weighted by atomic mass is 35.5. The van der Waals surface area contributed by atoms with Crippen LogP contribution in [0.2, 0.25) is 5.02 Å². The highest BCUT2D eigenvalue weighted by Crippen LogP contribution is 2.33. The Morgan fingerprint density at radius 2 is 1.88 bits per heavy atom. The van der Waals surface area contributed by atoms with Crippen molar-refractivity contribution >= 4 is 29.1 Å². The first kappa shape index (κ1) is 21.6. The third-order valence-corrected chi connectivity index (χ3v) is 5.52. The quantitative estimate of drug-likeness (QED) is 0.355. The van der Waals surface area contributed by atoms with Crippen molar-refractivity contribution in [3.63, 3.8) is 0 Å².